The number of benzene rings is 6. The fourth-order valence-electron chi connectivity index (χ4n) is 9.13. The van der Waals surface area contributed by atoms with E-state index in [0.29, 0.717) is 5.92 Å². The second-order valence-electron chi connectivity index (χ2n) is 15.3. The van der Waals surface area contributed by atoms with Crippen molar-refractivity contribution in [2.45, 2.75) is 13.0 Å². The highest BCUT2D eigenvalue weighted by Gasteiger charge is 2.22. The van der Waals surface area contributed by atoms with Crippen molar-refractivity contribution in [3.63, 3.8) is 0 Å². The van der Waals surface area contributed by atoms with Gasteiger partial charge in [-0.2, -0.15) is 0 Å². The van der Waals surface area contributed by atoms with Crippen LogP contribution in [0.25, 0.3) is 99.0 Å². The molecule has 4 aromatic heterocycles. The summed E-state index contributed by atoms with van der Waals surface area (Å²) >= 11 is 0. The summed E-state index contributed by atoms with van der Waals surface area (Å²) in [5.74, 6) is 0.383. The van der Waals surface area contributed by atoms with Gasteiger partial charge in [-0.25, -0.2) is 0 Å². The lowest BCUT2D eigenvalue weighted by atomic mass is 9.85. The average molecular weight is 743 g/mol. The van der Waals surface area contributed by atoms with E-state index in [9.17, 15) is 0 Å². The van der Waals surface area contributed by atoms with Gasteiger partial charge in [-0.15, -0.1) is 0 Å². The number of allylic oxidation sites excluding steroid dienone is 4. The summed E-state index contributed by atoms with van der Waals surface area (Å²) in [7, 11) is 0. The molecule has 0 amide bonds. The van der Waals surface area contributed by atoms with Gasteiger partial charge >= 0.3 is 0 Å². The van der Waals surface area contributed by atoms with Crippen LogP contribution in [-0.4, -0.2) is 19.5 Å². The molecule has 0 aliphatic heterocycles. The predicted octanol–water partition coefficient (Wildman–Crippen LogP) is 13.9. The molecule has 11 rings (SSSR count). The first kappa shape index (κ1) is 33.9. The largest absolute Gasteiger partial charge is 0.333 e. The van der Waals surface area contributed by atoms with Crippen LogP contribution in [0, 0.1) is 5.92 Å². The number of pyridine rings is 3. The minimum Gasteiger partial charge on any atom is -0.333 e. The highest BCUT2D eigenvalue weighted by molar-refractivity contribution is 6.22. The molecule has 0 saturated carbocycles. The number of hydrogen-bond acceptors (Lipinski definition) is 3. The van der Waals surface area contributed by atoms with Crippen LogP contribution in [-0.2, 0) is 0 Å². The van der Waals surface area contributed by atoms with Crippen LogP contribution in [0.4, 0.5) is 0 Å². The summed E-state index contributed by atoms with van der Waals surface area (Å²) in [6.45, 7) is 2.28. The number of nitrogens with zero attached hydrogens (tertiary/aromatic N) is 4. The molecule has 0 bridgehead atoms. The summed E-state index contributed by atoms with van der Waals surface area (Å²) in [5.41, 5.74) is 13.7. The van der Waals surface area contributed by atoms with E-state index in [0.717, 1.165) is 38.8 Å². The summed E-state index contributed by atoms with van der Waals surface area (Å²) in [6, 6.07) is 50.9. The van der Waals surface area contributed by atoms with Crippen LogP contribution in [0.15, 0.2) is 201 Å². The second-order valence-corrected chi connectivity index (χ2v) is 15.3. The van der Waals surface area contributed by atoms with Crippen molar-refractivity contribution in [2.75, 3.05) is 0 Å². The van der Waals surface area contributed by atoms with Gasteiger partial charge in [0.05, 0.1) is 11.6 Å². The Morgan fingerprint density at radius 3 is 1.53 bits per heavy atom. The molecule has 0 radical (unpaired) electrons. The first-order valence-corrected chi connectivity index (χ1v) is 19.9. The van der Waals surface area contributed by atoms with Gasteiger partial charge in [-0.05, 0) is 97.2 Å². The summed E-state index contributed by atoms with van der Waals surface area (Å²) in [5, 5.41) is 7.28. The Morgan fingerprint density at radius 2 is 0.897 bits per heavy atom. The smallest absolute Gasteiger partial charge is 0.0585 e. The van der Waals surface area contributed by atoms with Gasteiger partial charge in [0.25, 0.3) is 0 Å². The Kier molecular flexibility index (Phi) is 8.14. The van der Waals surface area contributed by atoms with Crippen LogP contribution in [0.3, 0.4) is 0 Å². The third-order valence-corrected chi connectivity index (χ3v) is 11.9. The van der Waals surface area contributed by atoms with Crippen molar-refractivity contribution in [1.29, 1.82) is 0 Å². The summed E-state index contributed by atoms with van der Waals surface area (Å²) in [6.07, 6.45) is 20.6. The number of hydrogen-bond donors (Lipinski definition) is 0. The number of rotatable bonds is 6. The Hall–Kier alpha value is -7.43. The first-order valence-electron chi connectivity index (χ1n) is 19.9. The van der Waals surface area contributed by atoms with Gasteiger partial charge in [0.1, 0.15) is 0 Å². The highest BCUT2D eigenvalue weighted by Crippen LogP contribution is 2.45. The van der Waals surface area contributed by atoms with Gasteiger partial charge in [-0.3, -0.25) is 15.0 Å². The molecule has 4 nitrogen and oxygen atoms in total. The normalized spacial score (nSPS) is 15.2. The standard InChI is InChI=1S/C54H38N4/c1-35-12-8-11-19-50(35)58-51-23-21-39(28-47(51)49-34-55-25-24-52(49)58)41-27-43(33-57-31-41)42-26-40(30-56-32-42)38-20-22-46-48(29-38)54(37-15-6-3-7-16-37)45-18-10-9-17-44(45)53(46)36-13-4-2-5-14-36/h2-35,50H,1H3. The van der Waals surface area contributed by atoms with Crippen molar-refractivity contribution in [1.82, 2.24) is 19.5 Å². The number of aromatic nitrogens is 4. The van der Waals surface area contributed by atoms with Crippen LogP contribution in [0.1, 0.15) is 13.0 Å². The van der Waals surface area contributed by atoms with E-state index in [1.54, 1.807) is 0 Å². The molecule has 0 saturated heterocycles. The monoisotopic (exact) mass is 742 g/mol. The Labute approximate surface area is 337 Å². The maximum atomic E-state index is 4.80. The van der Waals surface area contributed by atoms with Crippen molar-refractivity contribution >= 4 is 43.4 Å². The van der Waals surface area contributed by atoms with Crippen molar-refractivity contribution in [3.05, 3.63) is 201 Å². The quantitative estimate of drug-likeness (QED) is 0.159. The third-order valence-electron chi connectivity index (χ3n) is 11.9. The maximum absolute atomic E-state index is 4.80. The molecule has 6 aromatic carbocycles. The minimum absolute atomic E-state index is 0.237. The second kappa shape index (κ2) is 13.9. The van der Waals surface area contributed by atoms with Gasteiger partial charge in [0.2, 0.25) is 0 Å². The number of fused-ring (bicyclic) bond motifs is 5. The lowest BCUT2D eigenvalue weighted by Gasteiger charge is -2.24. The molecular weight excluding hydrogens is 705 g/mol. The van der Waals surface area contributed by atoms with Crippen molar-refractivity contribution in [3.8, 4) is 55.6 Å². The molecule has 0 N–H and O–H groups in total. The lowest BCUT2D eigenvalue weighted by Crippen LogP contribution is -2.15. The molecule has 2 unspecified atom stereocenters. The van der Waals surface area contributed by atoms with E-state index in [1.807, 2.05) is 37.2 Å². The molecule has 2 atom stereocenters. The molecule has 274 valence electrons. The van der Waals surface area contributed by atoms with Gasteiger partial charge < -0.3 is 4.57 Å². The van der Waals surface area contributed by atoms with Crippen LogP contribution < -0.4 is 0 Å². The van der Waals surface area contributed by atoms with E-state index >= 15 is 0 Å². The SMILES string of the molecule is CC1C=CC=CC1n1c2ccncc2c2cc(-c3cncc(-c4cncc(-c5ccc6c(-c7ccccc7)c7ccccc7c(-c7ccccc7)c6c5)c4)c3)ccc21. The fourth-order valence-corrected chi connectivity index (χ4v) is 9.13. The molecule has 4 heteroatoms. The topological polar surface area (TPSA) is 43.6 Å². The zero-order valence-electron chi connectivity index (χ0n) is 32.0. The summed E-state index contributed by atoms with van der Waals surface area (Å²) in [4.78, 5) is 14.1. The Bertz CT molecular complexity index is 3250. The van der Waals surface area contributed by atoms with E-state index in [-0.39, 0.29) is 6.04 Å². The Balaban J connectivity index is 1.02. The van der Waals surface area contributed by atoms with Crippen LogP contribution in [0.2, 0.25) is 0 Å². The molecule has 4 heterocycles. The zero-order valence-corrected chi connectivity index (χ0v) is 32.0. The minimum atomic E-state index is 0.237. The van der Waals surface area contributed by atoms with E-state index in [2.05, 4.69) is 180 Å². The van der Waals surface area contributed by atoms with Gasteiger partial charge in [0.15, 0.2) is 0 Å². The first-order chi connectivity index (χ1) is 28.7. The molecule has 1 aliphatic carbocycles. The maximum Gasteiger partial charge on any atom is 0.0585 e. The Morgan fingerprint density at radius 1 is 0.379 bits per heavy atom. The molecule has 10 aromatic rings. The van der Waals surface area contributed by atoms with Gasteiger partial charge in [0, 0.05) is 75.7 Å². The van der Waals surface area contributed by atoms with Crippen LogP contribution >= 0.6 is 0 Å². The van der Waals surface area contributed by atoms with E-state index < -0.39 is 0 Å². The molecule has 0 fully saturated rings. The van der Waals surface area contributed by atoms with E-state index in [1.165, 1.54) is 60.2 Å². The average Bonchev–Trinajstić information content (AvgIpc) is 3.62. The zero-order chi connectivity index (χ0) is 38.6. The molecule has 0 spiro atoms. The van der Waals surface area contributed by atoms with Crippen molar-refractivity contribution < 1.29 is 0 Å². The van der Waals surface area contributed by atoms with Gasteiger partial charge in [-0.1, -0.05) is 134 Å². The van der Waals surface area contributed by atoms with Crippen LogP contribution in [0.5, 0.6) is 0 Å². The van der Waals surface area contributed by atoms with Crippen molar-refractivity contribution in [2.24, 2.45) is 5.92 Å². The predicted molar refractivity (Wildman–Crippen MR) is 242 cm³/mol. The molecule has 58 heavy (non-hydrogen) atoms. The lowest BCUT2D eigenvalue weighted by molar-refractivity contribution is 0.510. The third kappa shape index (κ3) is 5.64. The summed E-state index contributed by atoms with van der Waals surface area (Å²) < 4.78 is 2.47. The molecular formula is C54H38N4. The highest BCUT2D eigenvalue weighted by atomic mass is 15.0. The van der Waals surface area contributed by atoms with E-state index in [4.69, 9.17) is 9.97 Å². The molecule has 1 aliphatic rings. The fraction of sp³-hybridized carbons (Fsp3) is 0.0556.